The zero-order valence-electron chi connectivity index (χ0n) is 13.8. The Morgan fingerprint density at radius 1 is 1.16 bits per heavy atom. The minimum atomic E-state index is -0.761. The van der Waals surface area contributed by atoms with Crippen molar-refractivity contribution in [2.24, 2.45) is 5.73 Å². The third-order valence-corrected chi connectivity index (χ3v) is 3.43. The number of rotatable bonds is 6. The van der Waals surface area contributed by atoms with Crippen molar-refractivity contribution in [3.05, 3.63) is 65.7 Å². The number of nitrogens with one attached hydrogen (secondary N) is 3. The fourth-order valence-electron chi connectivity index (χ4n) is 2.16. The van der Waals surface area contributed by atoms with Crippen LogP contribution in [0.4, 0.5) is 10.5 Å². The summed E-state index contributed by atoms with van der Waals surface area (Å²) < 4.78 is 4.90. The molecule has 0 fully saturated rings. The van der Waals surface area contributed by atoms with Gasteiger partial charge in [0, 0.05) is 11.3 Å². The second kappa shape index (κ2) is 8.49. The van der Waals surface area contributed by atoms with Crippen molar-refractivity contribution in [1.82, 2.24) is 5.32 Å². The van der Waals surface area contributed by atoms with E-state index in [1.165, 1.54) is 0 Å². The summed E-state index contributed by atoms with van der Waals surface area (Å²) in [6, 6.07) is 15.8. The molecule has 25 heavy (non-hydrogen) atoms. The summed E-state index contributed by atoms with van der Waals surface area (Å²) in [6.07, 6.45) is -0.761. The molecule has 0 unspecified atom stereocenters. The number of anilines is 1. The summed E-state index contributed by atoms with van der Waals surface area (Å²) in [5.41, 5.74) is 7.26. The molecule has 0 radical (unpaired) electrons. The third kappa shape index (κ3) is 5.65. The Balaban J connectivity index is 1.80. The second-order valence-corrected chi connectivity index (χ2v) is 5.40. The van der Waals surface area contributed by atoms with Gasteiger partial charge in [0.05, 0.1) is 6.04 Å². The first-order chi connectivity index (χ1) is 12.0. The number of hydrogen-bond donors (Lipinski definition) is 4. The highest BCUT2D eigenvalue weighted by molar-refractivity contribution is 5.97. The van der Waals surface area contributed by atoms with E-state index in [1.807, 2.05) is 37.3 Å². The molecule has 1 atom stereocenters. The van der Waals surface area contributed by atoms with Crippen molar-refractivity contribution < 1.29 is 14.3 Å². The third-order valence-electron chi connectivity index (χ3n) is 3.43. The van der Waals surface area contributed by atoms with Crippen LogP contribution < -0.4 is 16.4 Å². The minimum Gasteiger partial charge on any atom is -0.439 e. The predicted octanol–water partition coefficient (Wildman–Crippen LogP) is 2.40. The summed E-state index contributed by atoms with van der Waals surface area (Å²) >= 11 is 0. The summed E-state index contributed by atoms with van der Waals surface area (Å²) in [7, 11) is 0. The van der Waals surface area contributed by atoms with Crippen LogP contribution in [0.2, 0.25) is 0 Å². The number of amides is 2. The van der Waals surface area contributed by atoms with Crippen molar-refractivity contribution in [2.75, 3.05) is 11.9 Å². The van der Waals surface area contributed by atoms with Gasteiger partial charge in [-0.1, -0.05) is 42.5 Å². The predicted molar refractivity (Wildman–Crippen MR) is 95.4 cm³/mol. The van der Waals surface area contributed by atoms with Crippen molar-refractivity contribution in [2.45, 2.75) is 13.0 Å². The number of ether oxygens (including phenoxy) is 1. The van der Waals surface area contributed by atoms with Gasteiger partial charge in [-0.25, -0.2) is 4.79 Å². The van der Waals surface area contributed by atoms with Gasteiger partial charge in [-0.15, -0.1) is 0 Å². The lowest BCUT2D eigenvalue weighted by molar-refractivity contribution is -0.124. The lowest BCUT2D eigenvalue weighted by atomic mass is 10.1. The van der Waals surface area contributed by atoms with Crippen molar-refractivity contribution >= 4 is 23.5 Å². The van der Waals surface area contributed by atoms with Gasteiger partial charge in [0.15, 0.2) is 6.61 Å². The first kappa shape index (κ1) is 18.0. The lowest BCUT2D eigenvalue weighted by Gasteiger charge is -2.14. The topological polar surface area (TPSA) is 117 Å². The van der Waals surface area contributed by atoms with Gasteiger partial charge < -0.3 is 15.8 Å². The number of hydrogen-bond acceptors (Lipinski definition) is 4. The molecular weight excluding hydrogens is 320 g/mol. The number of carbonyl (C=O) groups is 2. The zero-order chi connectivity index (χ0) is 18.2. The van der Waals surface area contributed by atoms with E-state index in [4.69, 9.17) is 15.9 Å². The molecule has 0 saturated carbocycles. The van der Waals surface area contributed by atoms with E-state index in [-0.39, 0.29) is 11.9 Å². The normalized spacial score (nSPS) is 11.2. The molecule has 2 aromatic carbocycles. The Kier molecular flexibility index (Phi) is 6.11. The molecule has 7 heteroatoms. The highest BCUT2D eigenvalue weighted by Gasteiger charge is 2.12. The van der Waals surface area contributed by atoms with E-state index >= 15 is 0 Å². The summed E-state index contributed by atoms with van der Waals surface area (Å²) in [5.74, 6) is -0.504. The average molecular weight is 340 g/mol. The first-order valence-electron chi connectivity index (χ1n) is 7.68. The average Bonchev–Trinajstić information content (AvgIpc) is 2.61. The van der Waals surface area contributed by atoms with Gasteiger partial charge in [-0.2, -0.15) is 0 Å². The zero-order valence-corrected chi connectivity index (χ0v) is 13.8. The number of amidine groups is 1. The van der Waals surface area contributed by atoms with Crippen LogP contribution in [0.1, 0.15) is 24.1 Å². The van der Waals surface area contributed by atoms with Crippen LogP contribution in [-0.2, 0) is 9.53 Å². The van der Waals surface area contributed by atoms with Gasteiger partial charge in [0.2, 0.25) is 0 Å². The van der Waals surface area contributed by atoms with Crippen molar-refractivity contribution in [3.8, 4) is 0 Å². The van der Waals surface area contributed by atoms with Crippen molar-refractivity contribution in [3.63, 3.8) is 0 Å². The summed E-state index contributed by atoms with van der Waals surface area (Å²) in [4.78, 5) is 23.6. The molecule has 130 valence electrons. The standard InChI is InChI=1S/C18H20N4O3/c1-12(13-6-3-2-4-7-13)21-16(23)11-25-18(24)22-15-9-5-8-14(10-15)17(19)20/h2-10,12H,11H2,1H3,(H3,19,20)(H,21,23)(H,22,24)/t12-/m1/s1. The fourth-order valence-corrected chi connectivity index (χ4v) is 2.16. The van der Waals surface area contributed by atoms with Crippen LogP contribution in [0.5, 0.6) is 0 Å². The van der Waals surface area contributed by atoms with Gasteiger partial charge in [0.1, 0.15) is 5.84 Å². The van der Waals surface area contributed by atoms with Crippen LogP contribution in [0.3, 0.4) is 0 Å². The summed E-state index contributed by atoms with van der Waals surface area (Å²) in [6.45, 7) is 1.45. The molecule has 0 spiro atoms. The molecule has 0 bridgehead atoms. The Morgan fingerprint density at radius 2 is 1.88 bits per heavy atom. The Labute approximate surface area is 145 Å². The van der Waals surface area contributed by atoms with Crippen LogP contribution in [0, 0.1) is 5.41 Å². The maximum absolute atomic E-state index is 11.9. The second-order valence-electron chi connectivity index (χ2n) is 5.40. The molecule has 0 aromatic heterocycles. The first-order valence-corrected chi connectivity index (χ1v) is 7.68. The van der Waals surface area contributed by atoms with Crippen LogP contribution in [0.25, 0.3) is 0 Å². The molecule has 0 aliphatic rings. The Hall–Kier alpha value is -3.35. The minimum absolute atomic E-state index is 0.105. The van der Waals surface area contributed by atoms with E-state index < -0.39 is 18.6 Å². The van der Waals surface area contributed by atoms with E-state index in [0.717, 1.165) is 5.56 Å². The Morgan fingerprint density at radius 3 is 2.56 bits per heavy atom. The van der Waals surface area contributed by atoms with E-state index in [2.05, 4.69) is 10.6 Å². The smallest absolute Gasteiger partial charge is 0.412 e. The van der Waals surface area contributed by atoms with E-state index in [9.17, 15) is 9.59 Å². The maximum Gasteiger partial charge on any atom is 0.412 e. The number of benzene rings is 2. The number of carbonyl (C=O) groups excluding carboxylic acids is 2. The maximum atomic E-state index is 11.9. The molecule has 7 nitrogen and oxygen atoms in total. The monoisotopic (exact) mass is 340 g/mol. The van der Waals surface area contributed by atoms with Gasteiger partial charge in [-0.3, -0.25) is 15.5 Å². The molecule has 0 heterocycles. The number of nitrogen functional groups attached to an aromatic ring is 1. The van der Waals surface area contributed by atoms with Crippen LogP contribution >= 0.6 is 0 Å². The molecule has 0 saturated heterocycles. The SMILES string of the molecule is C[C@@H](NC(=O)COC(=O)Nc1cccc(C(=N)N)c1)c1ccccc1. The van der Waals surface area contributed by atoms with Gasteiger partial charge in [-0.05, 0) is 24.6 Å². The van der Waals surface area contributed by atoms with E-state index in [1.54, 1.807) is 24.3 Å². The molecular formula is C18H20N4O3. The largest absolute Gasteiger partial charge is 0.439 e. The lowest BCUT2D eigenvalue weighted by Crippen LogP contribution is -2.31. The fraction of sp³-hybridized carbons (Fsp3) is 0.167. The summed E-state index contributed by atoms with van der Waals surface area (Å²) in [5, 5.41) is 12.6. The van der Waals surface area contributed by atoms with Gasteiger partial charge >= 0.3 is 6.09 Å². The quantitative estimate of drug-likeness (QED) is 0.477. The molecule has 2 amide bonds. The highest BCUT2D eigenvalue weighted by atomic mass is 16.6. The van der Waals surface area contributed by atoms with Crippen molar-refractivity contribution in [1.29, 1.82) is 5.41 Å². The molecule has 5 N–H and O–H groups in total. The highest BCUT2D eigenvalue weighted by Crippen LogP contribution is 2.12. The van der Waals surface area contributed by atoms with Crippen LogP contribution in [-0.4, -0.2) is 24.4 Å². The molecule has 0 aliphatic carbocycles. The van der Waals surface area contributed by atoms with E-state index in [0.29, 0.717) is 11.3 Å². The van der Waals surface area contributed by atoms with Crippen LogP contribution in [0.15, 0.2) is 54.6 Å². The molecule has 2 rings (SSSR count). The number of nitrogens with two attached hydrogens (primary N) is 1. The molecule has 0 aliphatic heterocycles. The Bertz CT molecular complexity index is 762. The molecule has 2 aromatic rings. The van der Waals surface area contributed by atoms with Gasteiger partial charge in [0.25, 0.3) is 5.91 Å².